The molecule has 2 fully saturated rings. The van der Waals surface area contributed by atoms with Gasteiger partial charge in [0.15, 0.2) is 15.0 Å². The van der Waals surface area contributed by atoms with Gasteiger partial charge in [-0.3, -0.25) is 9.69 Å². The lowest BCUT2D eigenvalue weighted by atomic mass is 10.1. The lowest BCUT2D eigenvalue weighted by molar-refractivity contribution is -0.117. The normalized spacial score (nSPS) is 27.5. The highest BCUT2D eigenvalue weighted by molar-refractivity contribution is 7.91. The van der Waals surface area contributed by atoms with Crippen LogP contribution in [-0.4, -0.2) is 36.9 Å². The first-order valence-corrected chi connectivity index (χ1v) is 9.47. The summed E-state index contributed by atoms with van der Waals surface area (Å²) >= 11 is 1.46. The molecule has 2 atom stereocenters. The number of aromatic nitrogens is 1. The largest absolute Gasteiger partial charge is 0.284 e. The van der Waals surface area contributed by atoms with E-state index in [9.17, 15) is 13.2 Å². The summed E-state index contributed by atoms with van der Waals surface area (Å²) in [5.41, 5.74) is 1.96. The Morgan fingerprint density at radius 3 is 2.90 bits per heavy atom. The van der Waals surface area contributed by atoms with Crippen molar-refractivity contribution < 1.29 is 13.2 Å². The minimum atomic E-state index is -3.03. The van der Waals surface area contributed by atoms with Crippen LogP contribution in [0, 0.1) is 12.8 Å². The van der Waals surface area contributed by atoms with Crippen LogP contribution in [-0.2, 0) is 14.6 Å². The van der Waals surface area contributed by atoms with Gasteiger partial charge in [0.25, 0.3) is 0 Å². The van der Waals surface area contributed by atoms with Crippen LogP contribution in [0.15, 0.2) is 18.2 Å². The van der Waals surface area contributed by atoms with Crippen molar-refractivity contribution in [2.75, 3.05) is 16.4 Å². The van der Waals surface area contributed by atoms with Gasteiger partial charge in [0.1, 0.15) is 0 Å². The van der Waals surface area contributed by atoms with Gasteiger partial charge in [-0.15, -0.1) is 0 Å². The van der Waals surface area contributed by atoms with Gasteiger partial charge in [0.05, 0.1) is 27.8 Å². The van der Waals surface area contributed by atoms with E-state index in [0.29, 0.717) is 11.6 Å². The minimum Gasteiger partial charge on any atom is -0.284 e. The predicted molar refractivity (Wildman–Crippen MR) is 82.4 cm³/mol. The summed E-state index contributed by atoms with van der Waals surface area (Å²) < 4.78 is 24.6. The summed E-state index contributed by atoms with van der Waals surface area (Å²) in [5.74, 6) is 0.120. The SMILES string of the molecule is Cc1cccc2sc(N3C(=O)C[C@@H]4CS(=O)(=O)C[C@H]43)nc12. The van der Waals surface area contributed by atoms with Crippen LogP contribution < -0.4 is 4.90 Å². The second-order valence-corrected chi connectivity index (χ2v) is 8.95. The number of carbonyl (C=O) groups excluding carboxylic acids is 1. The number of hydrogen-bond acceptors (Lipinski definition) is 5. The van der Waals surface area contributed by atoms with Gasteiger partial charge in [0, 0.05) is 12.3 Å². The number of anilines is 1. The van der Waals surface area contributed by atoms with E-state index in [-0.39, 0.29) is 29.4 Å². The fourth-order valence-electron chi connectivity index (χ4n) is 3.32. The van der Waals surface area contributed by atoms with Gasteiger partial charge in [-0.2, -0.15) is 0 Å². The highest BCUT2D eigenvalue weighted by Crippen LogP contribution is 2.40. The third-order valence-corrected chi connectivity index (χ3v) is 7.09. The number of hydrogen-bond donors (Lipinski definition) is 0. The summed E-state index contributed by atoms with van der Waals surface area (Å²) in [6.45, 7) is 1.99. The first-order chi connectivity index (χ1) is 9.94. The van der Waals surface area contributed by atoms with Crippen molar-refractivity contribution in [3.05, 3.63) is 23.8 Å². The van der Waals surface area contributed by atoms with Gasteiger partial charge >= 0.3 is 0 Å². The number of rotatable bonds is 1. The molecule has 2 aliphatic rings. The number of amides is 1. The van der Waals surface area contributed by atoms with Crippen molar-refractivity contribution in [3.63, 3.8) is 0 Å². The Bertz CT molecular complexity index is 856. The molecular weight excluding hydrogens is 308 g/mol. The topological polar surface area (TPSA) is 67.3 Å². The molecule has 110 valence electrons. The number of nitrogens with zero attached hydrogens (tertiary/aromatic N) is 2. The molecule has 21 heavy (non-hydrogen) atoms. The monoisotopic (exact) mass is 322 g/mol. The molecule has 2 aliphatic heterocycles. The molecule has 0 radical (unpaired) electrons. The number of benzene rings is 1. The van der Waals surface area contributed by atoms with E-state index in [1.165, 1.54) is 11.3 Å². The van der Waals surface area contributed by atoms with Crippen LogP contribution in [0.4, 0.5) is 5.13 Å². The maximum Gasteiger partial charge on any atom is 0.229 e. The van der Waals surface area contributed by atoms with Crippen molar-refractivity contribution in [2.24, 2.45) is 5.92 Å². The average Bonchev–Trinajstić information content (AvgIpc) is 2.99. The summed E-state index contributed by atoms with van der Waals surface area (Å²) in [5, 5.41) is 0.633. The Morgan fingerprint density at radius 1 is 1.33 bits per heavy atom. The van der Waals surface area contributed by atoms with Crippen LogP contribution >= 0.6 is 11.3 Å². The molecule has 4 rings (SSSR count). The van der Waals surface area contributed by atoms with Crippen LogP contribution in [0.25, 0.3) is 10.2 Å². The second kappa shape index (κ2) is 4.27. The number of carbonyl (C=O) groups is 1. The molecule has 0 N–H and O–H groups in total. The molecule has 3 heterocycles. The first kappa shape index (κ1) is 13.2. The number of thiazole rings is 1. The van der Waals surface area contributed by atoms with E-state index >= 15 is 0 Å². The highest BCUT2D eigenvalue weighted by Gasteiger charge is 2.50. The number of aryl methyl sites for hydroxylation is 1. The summed E-state index contributed by atoms with van der Waals surface area (Å²) in [6.07, 6.45) is 0.318. The van der Waals surface area contributed by atoms with Gasteiger partial charge in [0.2, 0.25) is 5.91 Å². The van der Waals surface area contributed by atoms with Crippen molar-refractivity contribution in [2.45, 2.75) is 19.4 Å². The lowest BCUT2D eigenvalue weighted by Crippen LogP contribution is -2.36. The van der Waals surface area contributed by atoms with Gasteiger partial charge < -0.3 is 0 Å². The Kier molecular flexibility index (Phi) is 2.68. The Hall–Kier alpha value is -1.47. The van der Waals surface area contributed by atoms with Crippen molar-refractivity contribution >= 4 is 42.4 Å². The van der Waals surface area contributed by atoms with Crippen molar-refractivity contribution in [1.29, 1.82) is 0 Å². The first-order valence-electron chi connectivity index (χ1n) is 6.83. The van der Waals surface area contributed by atoms with Gasteiger partial charge in [-0.05, 0) is 18.6 Å². The third kappa shape index (κ3) is 1.98. The summed E-state index contributed by atoms with van der Waals surface area (Å²) in [6, 6.07) is 5.70. The molecule has 0 bridgehead atoms. The van der Waals surface area contributed by atoms with E-state index in [4.69, 9.17) is 0 Å². The molecule has 0 aliphatic carbocycles. The third-order valence-electron chi connectivity index (χ3n) is 4.29. The Morgan fingerprint density at radius 2 is 2.14 bits per heavy atom. The van der Waals surface area contributed by atoms with E-state index in [1.807, 2.05) is 25.1 Å². The maximum atomic E-state index is 12.3. The quantitative estimate of drug-likeness (QED) is 0.802. The van der Waals surface area contributed by atoms with Crippen LogP contribution in [0.5, 0.6) is 0 Å². The zero-order valence-corrected chi connectivity index (χ0v) is 13.1. The maximum absolute atomic E-state index is 12.3. The fraction of sp³-hybridized carbons (Fsp3) is 0.429. The Balaban J connectivity index is 1.80. The van der Waals surface area contributed by atoms with Crippen LogP contribution in [0.2, 0.25) is 0 Å². The average molecular weight is 322 g/mol. The van der Waals surface area contributed by atoms with Gasteiger partial charge in [-0.1, -0.05) is 23.5 Å². The zero-order chi connectivity index (χ0) is 14.8. The smallest absolute Gasteiger partial charge is 0.229 e. The van der Waals surface area contributed by atoms with Crippen LogP contribution in [0.1, 0.15) is 12.0 Å². The zero-order valence-electron chi connectivity index (χ0n) is 11.4. The number of sulfone groups is 1. The minimum absolute atomic E-state index is 0.00314. The molecule has 0 spiro atoms. The van der Waals surface area contributed by atoms with Crippen LogP contribution in [0.3, 0.4) is 0 Å². The molecule has 1 aromatic carbocycles. The molecule has 0 saturated carbocycles. The number of para-hydroxylation sites is 1. The molecule has 2 saturated heterocycles. The Labute approximate surface area is 126 Å². The van der Waals surface area contributed by atoms with Crippen molar-refractivity contribution in [3.8, 4) is 0 Å². The van der Waals surface area contributed by atoms with E-state index < -0.39 is 9.84 Å². The van der Waals surface area contributed by atoms with E-state index in [0.717, 1.165) is 15.8 Å². The van der Waals surface area contributed by atoms with Crippen molar-refractivity contribution in [1.82, 2.24) is 4.98 Å². The molecule has 1 aromatic heterocycles. The van der Waals surface area contributed by atoms with E-state index in [2.05, 4.69) is 4.98 Å². The standard InChI is InChI=1S/C14H14N2O3S2/c1-8-3-2-4-11-13(8)15-14(20-11)16-10-7-21(18,19)6-9(10)5-12(16)17/h2-4,9-10H,5-7H2,1H3/t9-,10-/m1/s1. The fourth-order valence-corrected chi connectivity index (χ4v) is 6.50. The highest BCUT2D eigenvalue weighted by atomic mass is 32.2. The molecule has 0 unspecified atom stereocenters. The molecular formula is C14H14N2O3S2. The molecule has 5 nitrogen and oxygen atoms in total. The molecule has 1 amide bonds. The van der Waals surface area contributed by atoms with Gasteiger partial charge in [-0.25, -0.2) is 13.4 Å². The molecule has 2 aromatic rings. The molecule has 7 heteroatoms. The summed E-state index contributed by atoms with van der Waals surface area (Å²) in [4.78, 5) is 18.5. The predicted octanol–water partition coefficient (Wildman–Crippen LogP) is 1.75. The summed E-state index contributed by atoms with van der Waals surface area (Å²) in [7, 11) is -3.03. The number of fused-ring (bicyclic) bond motifs is 2. The lowest BCUT2D eigenvalue weighted by Gasteiger charge is -2.19. The van der Waals surface area contributed by atoms with E-state index in [1.54, 1.807) is 4.90 Å². The second-order valence-electron chi connectivity index (χ2n) is 5.79.